The van der Waals surface area contributed by atoms with Crippen LogP contribution in [0.4, 0.5) is 16.2 Å². The van der Waals surface area contributed by atoms with Gasteiger partial charge in [0.15, 0.2) is 0 Å². The van der Waals surface area contributed by atoms with Crippen LogP contribution in [0.25, 0.3) is 0 Å². The third-order valence-electron chi connectivity index (χ3n) is 4.31. The maximum Gasteiger partial charge on any atom is 0.325 e. The average molecular weight is 382 g/mol. The minimum atomic E-state index is -0.715. The van der Waals surface area contributed by atoms with Gasteiger partial charge < -0.3 is 10.6 Å². The second-order valence-corrected chi connectivity index (χ2v) is 6.43. The van der Waals surface area contributed by atoms with Gasteiger partial charge in [-0.2, -0.15) is 0 Å². The Balaban J connectivity index is 1.64. The summed E-state index contributed by atoms with van der Waals surface area (Å²) in [5, 5.41) is 16.0. The molecule has 28 heavy (non-hydrogen) atoms. The van der Waals surface area contributed by atoms with Crippen LogP contribution in [0.1, 0.15) is 18.1 Å². The molecule has 2 aromatic rings. The van der Waals surface area contributed by atoms with Gasteiger partial charge >= 0.3 is 6.03 Å². The molecule has 0 saturated carbocycles. The molecule has 1 unspecified atom stereocenters. The fraction of sp³-hybridized carbons (Fsp3) is 0.211. The molecule has 1 fully saturated rings. The number of anilines is 1. The van der Waals surface area contributed by atoms with Gasteiger partial charge in [-0.05, 0) is 23.3 Å². The zero-order valence-corrected chi connectivity index (χ0v) is 15.0. The summed E-state index contributed by atoms with van der Waals surface area (Å²) < 4.78 is 0. The van der Waals surface area contributed by atoms with Crippen molar-refractivity contribution >= 4 is 29.2 Å². The van der Waals surface area contributed by atoms with Gasteiger partial charge in [-0.3, -0.25) is 24.6 Å². The van der Waals surface area contributed by atoms with Crippen molar-refractivity contribution in [3.8, 4) is 0 Å². The highest BCUT2D eigenvalue weighted by Gasteiger charge is 2.37. The quantitative estimate of drug-likeness (QED) is 0.451. The van der Waals surface area contributed by atoms with Crippen LogP contribution in [0.2, 0.25) is 0 Å². The minimum Gasteiger partial charge on any atom is -0.326 e. The maximum atomic E-state index is 12.6. The van der Waals surface area contributed by atoms with Crippen LogP contribution >= 0.6 is 0 Å². The van der Waals surface area contributed by atoms with Gasteiger partial charge in [-0.15, -0.1) is 0 Å². The van der Waals surface area contributed by atoms with E-state index >= 15 is 0 Å². The monoisotopic (exact) mass is 382 g/mol. The second-order valence-electron chi connectivity index (χ2n) is 6.43. The van der Waals surface area contributed by atoms with Crippen molar-refractivity contribution in [2.45, 2.75) is 25.9 Å². The molecule has 0 aromatic heterocycles. The molecule has 0 radical (unpaired) electrons. The van der Waals surface area contributed by atoms with Crippen LogP contribution in [-0.4, -0.2) is 33.7 Å². The summed E-state index contributed by atoms with van der Waals surface area (Å²) >= 11 is 0. The van der Waals surface area contributed by atoms with E-state index in [1.807, 2.05) is 0 Å². The molecular formula is C19H18N4O5. The van der Waals surface area contributed by atoms with E-state index in [0.29, 0.717) is 11.3 Å². The maximum absolute atomic E-state index is 12.6. The largest absolute Gasteiger partial charge is 0.326 e. The molecule has 1 atom stereocenters. The van der Waals surface area contributed by atoms with Crippen molar-refractivity contribution in [2.75, 3.05) is 5.32 Å². The van der Waals surface area contributed by atoms with E-state index in [-0.39, 0.29) is 30.5 Å². The van der Waals surface area contributed by atoms with Crippen molar-refractivity contribution < 1.29 is 19.3 Å². The number of rotatable bonds is 6. The SMILES string of the molecule is CC(=O)Nc1ccc(CN2C(=O)NC(Cc3ccc([N+](=O)[O-])cc3)C2=O)cc1. The molecule has 0 bridgehead atoms. The summed E-state index contributed by atoms with van der Waals surface area (Å²) in [6, 6.07) is 11.5. The Bertz CT molecular complexity index is 924. The molecule has 2 aromatic carbocycles. The Kier molecular flexibility index (Phi) is 5.35. The Hall–Kier alpha value is -3.75. The van der Waals surface area contributed by atoms with Crippen molar-refractivity contribution in [2.24, 2.45) is 0 Å². The first-order valence-electron chi connectivity index (χ1n) is 8.55. The Morgan fingerprint density at radius 3 is 2.29 bits per heavy atom. The minimum absolute atomic E-state index is 0.0325. The van der Waals surface area contributed by atoms with Crippen LogP contribution in [0, 0.1) is 10.1 Å². The topological polar surface area (TPSA) is 122 Å². The summed E-state index contributed by atoms with van der Waals surface area (Å²) in [6.45, 7) is 1.52. The number of hydrogen-bond donors (Lipinski definition) is 2. The number of non-ortho nitro benzene ring substituents is 1. The number of imide groups is 1. The fourth-order valence-electron chi connectivity index (χ4n) is 2.93. The third kappa shape index (κ3) is 4.32. The number of carbonyl (C=O) groups excluding carboxylic acids is 3. The molecule has 2 N–H and O–H groups in total. The fourth-order valence-corrected chi connectivity index (χ4v) is 2.93. The summed E-state index contributed by atoms with van der Waals surface area (Å²) in [7, 11) is 0. The van der Waals surface area contributed by atoms with Crippen molar-refractivity contribution in [1.29, 1.82) is 0 Å². The van der Waals surface area contributed by atoms with E-state index in [2.05, 4.69) is 10.6 Å². The van der Waals surface area contributed by atoms with E-state index in [4.69, 9.17) is 0 Å². The molecule has 1 heterocycles. The number of benzene rings is 2. The molecule has 4 amide bonds. The predicted octanol–water partition coefficient (Wildman–Crippen LogP) is 2.22. The first-order valence-corrected chi connectivity index (χ1v) is 8.55. The molecule has 1 aliphatic heterocycles. The Labute approximate surface area is 160 Å². The van der Waals surface area contributed by atoms with E-state index in [0.717, 1.165) is 10.5 Å². The third-order valence-corrected chi connectivity index (χ3v) is 4.31. The number of nitrogens with zero attached hydrogens (tertiary/aromatic N) is 2. The van der Waals surface area contributed by atoms with E-state index in [1.54, 1.807) is 36.4 Å². The van der Waals surface area contributed by atoms with Crippen LogP contribution in [0.3, 0.4) is 0 Å². The molecule has 0 spiro atoms. The van der Waals surface area contributed by atoms with Crippen molar-refractivity contribution in [3.05, 3.63) is 69.8 Å². The lowest BCUT2D eigenvalue weighted by Crippen LogP contribution is -2.32. The van der Waals surface area contributed by atoms with Crippen LogP contribution in [0.15, 0.2) is 48.5 Å². The normalized spacial score (nSPS) is 16.0. The van der Waals surface area contributed by atoms with Gasteiger partial charge in [-0.1, -0.05) is 24.3 Å². The Morgan fingerprint density at radius 2 is 1.71 bits per heavy atom. The van der Waals surface area contributed by atoms with Gasteiger partial charge in [0.1, 0.15) is 6.04 Å². The highest BCUT2D eigenvalue weighted by atomic mass is 16.6. The van der Waals surface area contributed by atoms with Gasteiger partial charge in [0.25, 0.3) is 11.6 Å². The average Bonchev–Trinajstić information content (AvgIpc) is 2.90. The van der Waals surface area contributed by atoms with Gasteiger partial charge in [0.05, 0.1) is 11.5 Å². The van der Waals surface area contributed by atoms with Gasteiger partial charge in [0.2, 0.25) is 5.91 Å². The van der Waals surface area contributed by atoms with Crippen LogP contribution < -0.4 is 10.6 Å². The summed E-state index contributed by atoms with van der Waals surface area (Å²) in [5.74, 6) is -0.537. The molecular weight excluding hydrogens is 364 g/mol. The number of urea groups is 1. The van der Waals surface area contributed by atoms with Gasteiger partial charge in [0, 0.05) is 31.2 Å². The summed E-state index contributed by atoms with van der Waals surface area (Å²) in [5.41, 5.74) is 2.05. The van der Waals surface area contributed by atoms with E-state index in [1.165, 1.54) is 19.1 Å². The number of amides is 4. The molecule has 144 valence electrons. The number of hydrogen-bond acceptors (Lipinski definition) is 5. The molecule has 1 saturated heterocycles. The molecule has 0 aliphatic carbocycles. The molecule has 1 aliphatic rings. The first kappa shape index (κ1) is 19.0. The molecule has 9 nitrogen and oxygen atoms in total. The number of nitrogens with one attached hydrogen (secondary N) is 2. The molecule has 9 heteroatoms. The first-order chi connectivity index (χ1) is 13.3. The summed E-state index contributed by atoms with van der Waals surface area (Å²) in [4.78, 5) is 47.2. The smallest absolute Gasteiger partial charge is 0.325 e. The Morgan fingerprint density at radius 1 is 1.11 bits per heavy atom. The number of nitro benzene ring substituents is 1. The number of carbonyl (C=O) groups is 3. The summed E-state index contributed by atoms with van der Waals surface area (Å²) in [6.07, 6.45) is 0.251. The van der Waals surface area contributed by atoms with Crippen LogP contribution in [0.5, 0.6) is 0 Å². The molecule has 3 rings (SSSR count). The lowest BCUT2D eigenvalue weighted by atomic mass is 10.1. The number of nitro groups is 1. The van der Waals surface area contributed by atoms with Crippen molar-refractivity contribution in [3.63, 3.8) is 0 Å². The highest BCUT2D eigenvalue weighted by molar-refractivity contribution is 6.04. The van der Waals surface area contributed by atoms with Gasteiger partial charge in [-0.25, -0.2) is 4.79 Å². The van der Waals surface area contributed by atoms with Crippen molar-refractivity contribution in [1.82, 2.24) is 10.2 Å². The van der Waals surface area contributed by atoms with Crippen LogP contribution in [-0.2, 0) is 22.6 Å². The zero-order chi connectivity index (χ0) is 20.3. The zero-order valence-electron chi connectivity index (χ0n) is 15.0. The van der Waals surface area contributed by atoms with E-state index in [9.17, 15) is 24.5 Å². The lowest BCUT2D eigenvalue weighted by molar-refractivity contribution is -0.384. The van der Waals surface area contributed by atoms with E-state index < -0.39 is 17.0 Å². The lowest BCUT2D eigenvalue weighted by Gasteiger charge is -2.13. The predicted molar refractivity (Wildman–Crippen MR) is 100 cm³/mol. The second kappa shape index (κ2) is 7.87. The highest BCUT2D eigenvalue weighted by Crippen LogP contribution is 2.18. The standard InChI is InChI=1S/C19H18N4O5/c1-12(24)20-15-6-2-14(3-7-15)11-22-18(25)17(21-19(22)26)10-13-4-8-16(9-5-13)23(27)28/h2-9,17H,10-11H2,1H3,(H,20,24)(H,21,26).